The van der Waals surface area contributed by atoms with Gasteiger partial charge in [0.05, 0.1) is 22.1 Å². The predicted molar refractivity (Wildman–Crippen MR) is 326 cm³/mol. The molecule has 3 nitrogen and oxygen atoms in total. The fourth-order valence-electron chi connectivity index (χ4n) is 12.4. The minimum absolute atomic E-state index is 1.10. The van der Waals surface area contributed by atoms with Crippen molar-refractivity contribution >= 4 is 125 Å². The van der Waals surface area contributed by atoms with Crippen LogP contribution in [0.15, 0.2) is 273 Å². The number of anilines is 3. The molecule has 0 atom stereocenters. The number of aromatic nitrogens is 2. The van der Waals surface area contributed by atoms with Gasteiger partial charge in [-0.05, 0) is 152 Å². The smallest absolute Gasteiger partial charge is 0.0542 e. The highest BCUT2D eigenvalue weighted by atomic mass is 32.1. The maximum atomic E-state index is 2.47. The SMILES string of the molecule is c1ccc(N(c2ccc(-c3ccc4c(c3)c3cc(-n5c6ccccc6c6ccccc65)ccc3n4-c3ccc4c5ccccc5c5ccccc5c4c3)cc2)c2ccc(-c3cccc4c3sc3ccccc34)cc2)cc1. The predicted octanol–water partition coefficient (Wildman–Crippen LogP) is 20.5. The molecule has 0 radical (unpaired) electrons. The molecule has 3 heterocycles. The average molecular weight is 984 g/mol. The number of para-hydroxylation sites is 3. The molecule has 0 unspecified atom stereocenters. The summed E-state index contributed by atoms with van der Waals surface area (Å²) < 4.78 is 7.55. The fourth-order valence-corrected chi connectivity index (χ4v) is 13.7. The average Bonchev–Trinajstić information content (AvgIpc) is 4.16. The van der Waals surface area contributed by atoms with Crippen molar-refractivity contribution in [1.82, 2.24) is 9.13 Å². The highest BCUT2D eigenvalue weighted by Crippen LogP contribution is 2.44. The van der Waals surface area contributed by atoms with Crippen molar-refractivity contribution in [1.29, 1.82) is 0 Å². The van der Waals surface area contributed by atoms with Gasteiger partial charge in [-0.3, -0.25) is 0 Å². The lowest BCUT2D eigenvalue weighted by Gasteiger charge is -2.26. The molecular weight excluding hydrogens is 939 g/mol. The van der Waals surface area contributed by atoms with E-state index in [0.29, 0.717) is 0 Å². The highest BCUT2D eigenvalue weighted by molar-refractivity contribution is 7.26. The molecule has 0 saturated carbocycles. The van der Waals surface area contributed by atoms with Gasteiger partial charge in [-0.2, -0.15) is 0 Å². The summed E-state index contributed by atoms with van der Waals surface area (Å²) in [4.78, 5) is 2.36. The first-order valence-electron chi connectivity index (χ1n) is 26.1. The van der Waals surface area contributed by atoms with Gasteiger partial charge in [-0.15, -0.1) is 11.3 Å². The van der Waals surface area contributed by atoms with Gasteiger partial charge in [0.1, 0.15) is 0 Å². The van der Waals surface area contributed by atoms with E-state index in [1.165, 1.54) is 113 Å². The number of thiophene rings is 1. The van der Waals surface area contributed by atoms with Gasteiger partial charge in [0.2, 0.25) is 0 Å². The molecule has 0 amide bonds. The Bertz CT molecular complexity index is 4890. The van der Waals surface area contributed by atoms with Gasteiger partial charge in [0, 0.05) is 70.2 Å². The fraction of sp³-hybridized carbons (Fsp3) is 0. The summed E-state index contributed by atoms with van der Waals surface area (Å²) in [7, 11) is 0. The molecule has 0 aliphatic carbocycles. The van der Waals surface area contributed by atoms with E-state index in [-0.39, 0.29) is 0 Å². The first kappa shape index (κ1) is 42.7. The molecule has 0 saturated heterocycles. The third-order valence-corrected chi connectivity index (χ3v) is 17.1. The Morgan fingerprint density at radius 1 is 0.250 bits per heavy atom. The van der Waals surface area contributed by atoms with Crippen LogP contribution >= 0.6 is 11.3 Å². The monoisotopic (exact) mass is 983 g/mol. The van der Waals surface area contributed by atoms with Crippen molar-refractivity contribution in [2.24, 2.45) is 0 Å². The van der Waals surface area contributed by atoms with Crippen LogP contribution in [0.2, 0.25) is 0 Å². The molecule has 13 aromatic carbocycles. The maximum Gasteiger partial charge on any atom is 0.0542 e. The minimum Gasteiger partial charge on any atom is -0.311 e. The Hall–Kier alpha value is -9.74. The van der Waals surface area contributed by atoms with Gasteiger partial charge in [-0.1, -0.05) is 176 Å². The largest absolute Gasteiger partial charge is 0.311 e. The van der Waals surface area contributed by atoms with Crippen LogP contribution in [0.5, 0.6) is 0 Å². The number of rotatable bonds is 7. The van der Waals surface area contributed by atoms with Crippen LogP contribution in [-0.2, 0) is 0 Å². The molecule has 3 aromatic heterocycles. The van der Waals surface area contributed by atoms with Crippen LogP contribution in [0.25, 0.3) is 130 Å². The van der Waals surface area contributed by atoms with Crippen molar-refractivity contribution in [2.45, 2.75) is 0 Å². The van der Waals surface area contributed by atoms with E-state index in [0.717, 1.165) is 34.0 Å². The Kier molecular flexibility index (Phi) is 9.51. The maximum absolute atomic E-state index is 2.47. The molecular formula is C72H45N3S. The van der Waals surface area contributed by atoms with Crippen LogP contribution in [0.1, 0.15) is 0 Å². The van der Waals surface area contributed by atoms with Gasteiger partial charge >= 0.3 is 0 Å². The molecule has 0 spiro atoms. The van der Waals surface area contributed by atoms with Gasteiger partial charge in [0.15, 0.2) is 0 Å². The third-order valence-electron chi connectivity index (χ3n) is 15.9. The highest BCUT2D eigenvalue weighted by Gasteiger charge is 2.20. The van der Waals surface area contributed by atoms with Crippen molar-refractivity contribution in [3.05, 3.63) is 273 Å². The van der Waals surface area contributed by atoms with Crippen LogP contribution < -0.4 is 4.90 Å². The molecule has 4 heteroatoms. The van der Waals surface area contributed by atoms with E-state index in [2.05, 4.69) is 287 Å². The van der Waals surface area contributed by atoms with Gasteiger partial charge in [-0.25, -0.2) is 0 Å². The molecule has 0 N–H and O–H groups in total. The summed E-state index contributed by atoms with van der Waals surface area (Å²) >= 11 is 1.88. The molecule has 16 rings (SSSR count). The number of fused-ring (bicyclic) bond motifs is 15. The van der Waals surface area contributed by atoms with E-state index in [1.807, 2.05) is 11.3 Å². The van der Waals surface area contributed by atoms with E-state index in [1.54, 1.807) is 0 Å². The molecule has 76 heavy (non-hydrogen) atoms. The number of benzene rings is 13. The van der Waals surface area contributed by atoms with Crippen molar-refractivity contribution in [2.75, 3.05) is 4.90 Å². The molecule has 354 valence electrons. The van der Waals surface area contributed by atoms with E-state index in [9.17, 15) is 0 Å². The normalized spacial score (nSPS) is 11.9. The van der Waals surface area contributed by atoms with Gasteiger partial charge < -0.3 is 14.0 Å². The molecule has 0 fully saturated rings. The zero-order valence-electron chi connectivity index (χ0n) is 41.2. The molecule has 0 aliphatic rings. The number of nitrogens with zero attached hydrogens (tertiary/aromatic N) is 3. The van der Waals surface area contributed by atoms with E-state index >= 15 is 0 Å². The minimum atomic E-state index is 1.10. The lowest BCUT2D eigenvalue weighted by atomic mass is 9.94. The summed E-state index contributed by atoms with van der Waals surface area (Å²) in [6.07, 6.45) is 0. The summed E-state index contributed by atoms with van der Waals surface area (Å²) in [6, 6.07) is 101. The Morgan fingerprint density at radius 2 is 0.684 bits per heavy atom. The molecule has 0 aliphatic heterocycles. The lowest BCUT2D eigenvalue weighted by molar-refractivity contribution is 1.17. The Morgan fingerprint density at radius 3 is 1.33 bits per heavy atom. The topological polar surface area (TPSA) is 13.1 Å². The number of hydrogen-bond acceptors (Lipinski definition) is 2. The van der Waals surface area contributed by atoms with Crippen LogP contribution in [0.3, 0.4) is 0 Å². The second-order valence-electron chi connectivity index (χ2n) is 20.0. The standard InChI is InChI=1S/C72H45N3S/c1-2-15-49(16-3-1)73(51-36-31-47(32-37-51)54-24-14-25-63-62-23-10-13-28-71(62)76-72(54)63)50-34-29-46(30-35-50)48-33-41-69-65(43-48)66-45-53(74-67-26-11-8-21-60(67)61-22-9-12-27-68(61)74)39-42-70(66)75(69)52-38-40-59-57-19-5-4-17-55(57)56-18-6-7-20-58(56)64(59)44-52/h1-45H. The zero-order chi connectivity index (χ0) is 49.8. The van der Waals surface area contributed by atoms with Crippen molar-refractivity contribution in [3.8, 4) is 33.6 Å². The quantitative estimate of drug-likeness (QED) is 0.145. The zero-order valence-corrected chi connectivity index (χ0v) is 42.0. The summed E-state index contributed by atoms with van der Waals surface area (Å²) in [5.74, 6) is 0. The summed E-state index contributed by atoms with van der Waals surface area (Å²) in [6.45, 7) is 0. The van der Waals surface area contributed by atoms with Crippen molar-refractivity contribution < 1.29 is 0 Å². The Labute approximate surface area is 442 Å². The second kappa shape index (κ2) is 16.9. The van der Waals surface area contributed by atoms with Crippen LogP contribution in [0, 0.1) is 0 Å². The Balaban J connectivity index is 0.837. The second-order valence-corrected chi connectivity index (χ2v) is 21.1. The first-order chi connectivity index (χ1) is 37.7. The molecule has 0 bridgehead atoms. The van der Waals surface area contributed by atoms with Gasteiger partial charge in [0.25, 0.3) is 0 Å². The van der Waals surface area contributed by atoms with E-state index in [4.69, 9.17) is 0 Å². The summed E-state index contributed by atoms with van der Waals surface area (Å²) in [5, 5.41) is 15.2. The summed E-state index contributed by atoms with van der Waals surface area (Å²) in [5.41, 5.74) is 15.1. The number of hydrogen-bond donors (Lipinski definition) is 0. The van der Waals surface area contributed by atoms with E-state index < -0.39 is 0 Å². The molecule has 16 aromatic rings. The third kappa shape index (κ3) is 6.54. The first-order valence-corrected chi connectivity index (χ1v) is 26.9. The van der Waals surface area contributed by atoms with Crippen LogP contribution in [-0.4, -0.2) is 9.13 Å². The lowest BCUT2D eigenvalue weighted by Crippen LogP contribution is -2.09. The van der Waals surface area contributed by atoms with Crippen molar-refractivity contribution in [3.63, 3.8) is 0 Å². The van der Waals surface area contributed by atoms with Crippen LogP contribution in [0.4, 0.5) is 17.1 Å².